The molecule has 0 bridgehead atoms. The Bertz CT molecular complexity index is 168. The molecule has 0 aliphatic carbocycles. The third-order valence-electron chi connectivity index (χ3n) is 2.52. The Kier molecular flexibility index (Phi) is 4.90. The van der Waals surface area contributed by atoms with E-state index in [1.807, 2.05) is 6.92 Å². The van der Waals surface area contributed by atoms with Crippen LogP contribution in [0.2, 0.25) is 0 Å². The largest absolute Gasteiger partial charge is 0.394 e. The van der Waals surface area contributed by atoms with Gasteiger partial charge in [-0.3, -0.25) is 4.79 Å². The summed E-state index contributed by atoms with van der Waals surface area (Å²) in [6.45, 7) is 2.72. The third kappa shape index (κ3) is 3.64. The van der Waals surface area contributed by atoms with Gasteiger partial charge in [-0.1, -0.05) is 6.92 Å². The van der Waals surface area contributed by atoms with Crippen molar-refractivity contribution < 1.29 is 14.6 Å². The lowest BCUT2D eigenvalue weighted by molar-refractivity contribution is -0.124. The number of carbonyl (C=O) groups excluding carboxylic acids is 1. The molecule has 1 aliphatic heterocycles. The molecule has 2 N–H and O–H groups in total. The molecule has 1 amide bonds. The van der Waals surface area contributed by atoms with Gasteiger partial charge in [0.05, 0.1) is 25.2 Å². The van der Waals surface area contributed by atoms with Crippen LogP contribution in [0.25, 0.3) is 0 Å². The van der Waals surface area contributed by atoms with Crippen molar-refractivity contribution in [2.75, 3.05) is 13.2 Å². The molecule has 82 valence electrons. The zero-order valence-corrected chi connectivity index (χ0v) is 8.66. The highest BCUT2D eigenvalue weighted by Crippen LogP contribution is 2.14. The van der Waals surface area contributed by atoms with E-state index < -0.39 is 0 Å². The number of hydrogen-bond donors (Lipinski definition) is 2. The van der Waals surface area contributed by atoms with Gasteiger partial charge >= 0.3 is 0 Å². The summed E-state index contributed by atoms with van der Waals surface area (Å²) < 4.78 is 5.35. The van der Waals surface area contributed by atoms with Crippen LogP contribution in [0.4, 0.5) is 0 Å². The zero-order chi connectivity index (χ0) is 10.4. The second-order valence-corrected chi connectivity index (χ2v) is 3.69. The molecule has 1 heterocycles. The van der Waals surface area contributed by atoms with E-state index >= 15 is 0 Å². The van der Waals surface area contributed by atoms with Crippen LogP contribution in [0.1, 0.15) is 32.6 Å². The van der Waals surface area contributed by atoms with Gasteiger partial charge < -0.3 is 15.2 Å². The minimum atomic E-state index is -0.107. The predicted molar refractivity (Wildman–Crippen MR) is 52.9 cm³/mol. The highest BCUT2D eigenvalue weighted by atomic mass is 16.5. The van der Waals surface area contributed by atoms with E-state index in [4.69, 9.17) is 9.84 Å². The standard InChI is InChI=1S/C10H19NO3/c1-2-8(7-12)11-10(13)6-9-4-3-5-14-9/h8-9,12H,2-7H2,1H3,(H,11,13)/t8-,9?/m0/s1. The summed E-state index contributed by atoms with van der Waals surface area (Å²) in [5.41, 5.74) is 0. The number of aliphatic hydroxyl groups is 1. The van der Waals surface area contributed by atoms with Crippen LogP contribution >= 0.6 is 0 Å². The van der Waals surface area contributed by atoms with E-state index in [1.54, 1.807) is 0 Å². The summed E-state index contributed by atoms with van der Waals surface area (Å²) in [5.74, 6) is -0.0159. The van der Waals surface area contributed by atoms with Gasteiger partial charge in [0.1, 0.15) is 0 Å². The van der Waals surface area contributed by atoms with Gasteiger partial charge in [0.15, 0.2) is 0 Å². The first-order valence-corrected chi connectivity index (χ1v) is 5.28. The van der Waals surface area contributed by atoms with Gasteiger partial charge in [-0.05, 0) is 19.3 Å². The van der Waals surface area contributed by atoms with E-state index in [9.17, 15) is 4.79 Å². The van der Waals surface area contributed by atoms with Gasteiger partial charge in [0.25, 0.3) is 0 Å². The fourth-order valence-electron chi connectivity index (χ4n) is 1.58. The van der Waals surface area contributed by atoms with Gasteiger partial charge in [-0.15, -0.1) is 0 Å². The second kappa shape index (κ2) is 5.98. The molecule has 0 aromatic heterocycles. The Morgan fingerprint density at radius 3 is 3.00 bits per heavy atom. The summed E-state index contributed by atoms with van der Waals surface area (Å²) in [6.07, 6.45) is 3.30. The smallest absolute Gasteiger partial charge is 0.222 e. The molecule has 0 spiro atoms. The van der Waals surface area contributed by atoms with Crippen LogP contribution in [0.5, 0.6) is 0 Å². The molecule has 1 unspecified atom stereocenters. The Morgan fingerprint density at radius 2 is 2.50 bits per heavy atom. The molecular weight excluding hydrogens is 182 g/mol. The molecule has 4 heteroatoms. The average molecular weight is 201 g/mol. The van der Waals surface area contributed by atoms with Crippen molar-refractivity contribution >= 4 is 5.91 Å². The highest BCUT2D eigenvalue weighted by Gasteiger charge is 2.20. The normalized spacial score (nSPS) is 23.4. The molecule has 1 fully saturated rings. The lowest BCUT2D eigenvalue weighted by Gasteiger charge is -2.15. The topological polar surface area (TPSA) is 58.6 Å². The lowest BCUT2D eigenvalue weighted by Crippen LogP contribution is -2.38. The predicted octanol–water partition coefficient (Wildman–Crippen LogP) is 0.443. The van der Waals surface area contributed by atoms with E-state index in [-0.39, 0.29) is 24.7 Å². The number of ether oxygens (including phenoxy) is 1. The van der Waals surface area contributed by atoms with Crippen LogP contribution in [-0.4, -0.2) is 36.4 Å². The lowest BCUT2D eigenvalue weighted by atomic mass is 10.1. The van der Waals surface area contributed by atoms with E-state index in [2.05, 4.69) is 5.32 Å². The fraction of sp³-hybridized carbons (Fsp3) is 0.900. The van der Waals surface area contributed by atoms with Gasteiger partial charge in [0.2, 0.25) is 5.91 Å². The molecule has 0 aromatic carbocycles. The van der Waals surface area contributed by atoms with Crippen molar-refractivity contribution in [3.8, 4) is 0 Å². The molecular formula is C10H19NO3. The fourth-order valence-corrected chi connectivity index (χ4v) is 1.58. The number of aliphatic hydroxyl groups excluding tert-OH is 1. The van der Waals surface area contributed by atoms with E-state index in [0.717, 1.165) is 25.9 Å². The third-order valence-corrected chi connectivity index (χ3v) is 2.52. The minimum Gasteiger partial charge on any atom is -0.394 e. The summed E-state index contributed by atoms with van der Waals surface area (Å²) in [4.78, 5) is 11.4. The Hall–Kier alpha value is -0.610. The summed E-state index contributed by atoms with van der Waals surface area (Å²) in [6, 6.07) is -0.107. The molecule has 0 aromatic rings. The Balaban J connectivity index is 2.20. The number of rotatable bonds is 5. The maximum atomic E-state index is 11.4. The van der Waals surface area contributed by atoms with Crippen LogP contribution in [0, 0.1) is 0 Å². The first-order chi connectivity index (χ1) is 6.76. The number of nitrogens with one attached hydrogen (secondary N) is 1. The minimum absolute atomic E-state index is 0.00770. The van der Waals surface area contributed by atoms with Gasteiger partial charge in [0, 0.05) is 6.61 Å². The molecule has 14 heavy (non-hydrogen) atoms. The first-order valence-electron chi connectivity index (χ1n) is 5.28. The van der Waals surface area contributed by atoms with Crippen molar-refractivity contribution in [2.24, 2.45) is 0 Å². The van der Waals surface area contributed by atoms with Crippen molar-refractivity contribution in [2.45, 2.75) is 44.8 Å². The molecule has 0 saturated carbocycles. The highest BCUT2D eigenvalue weighted by molar-refractivity contribution is 5.76. The monoisotopic (exact) mass is 201 g/mol. The number of hydrogen-bond acceptors (Lipinski definition) is 3. The average Bonchev–Trinajstić information content (AvgIpc) is 2.66. The maximum Gasteiger partial charge on any atom is 0.222 e. The van der Waals surface area contributed by atoms with Crippen molar-refractivity contribution in [1.82, 2.24) is 5.32 Å². The Labute approximate surface area is 84.6 Å². The molecule has 2 atom stereocenters. The second-order valence-electron chi connectivity index (χ2n) is 3.69. The van der Waals surface area contributed by atoms with Crippen molar-refractivity contribution in [1.29, 1.82) is 0 Å². The Morgan fingerprint density at radius 1 is 1.71 bits per heavy atom. The van der Waals surface area contributed by atoms with Crippen molar-refractivity contribution in [3.05, 3.63) is 0 Å². The molecule has 0 radical (unpaired) electrons. The van der Waals surface area contributed by atoms with Gasteiger partial charge in [-0.2, -0.15) is 0 Å². The van der Waals surface area contributed by atoms with Crippen LogP contribution in [0.3, 0.4) is 0 Å². The van der Waals surface area contributed by atoms with E-state index in [1.165, 1.54) is 0 Å². The molecule has 1 saturated heterocycles. The molecule has 1 aliphatic rings. The van der Waals surface area contributed by atoms with Crippen LogP contribution in [0.15, 0.2) is 0 Å². The summed E-state index contributed by atoms with van der Waals surface area (Å²) in [7, 11) is 0. The first kappa shape index (κ1) is 11.5. The number of carbonyl (C=O) groups is 1. The van der Waals surface area contributed by atoms with Crippen molar-refractivity contribution in [3.63, 3.8) is 0 Å². The SMILES string of the molecule is CC[C@@H](CO)NC(=O)CC1CCCO1. The quantitative estimate of drug-likeness (QED) is 0.678. The number of amides is 1. The maximum absolute atomic E-state index is 11.4. The summed E-state index contributed by atoms with van der Waals surface area (Å²) in [5, 5.41) is 11.7. The van der Waals surface area contributed by atoms with Gasteiger partial charge in [-0.25, -0.2) is 0 Å². The zero-order valence-electron chi connectivity index (χ0n) is 8.66. The van der Waals surface area contributed by atoms with Crippen LogP contribution in [-0.2, 0) is 9.53 Å². The van der Waals surface area contributed by atoms with Crippen LogP contribution < -0.4 is 5.32 Å². The molecule has 1 rings (SSSR count). The van der Waals surface area contributed by atoms with E-state index in [0.29, 0.717) is 6.42 Å². The summed E-state index contributed by atoms with van der Waals surface area (Å²) >= 11 is 0. The molecule has 4 nitrogen and oxygen atoms in total.